The molecule has 1 rings (SSSR count). The lowest BCUT2D eigenvalue weighted by atomic mass is 9.88. The van der Waals surface area contributed by atoms with Crippen molar-refractivity contribution in [2.45, 2.75) is 20.0 Å². The Morgan fingerprint density at radius 2 is 1.93 bits per heavy atom. The van der Waals surface area contributed by atoms with Crippen LogP contribution >= 0.6 is 0 Å². The van der Waals surface area contributed by atoms with E-state index >= 15 is 0 Å². The van der Waals surface area contributed by atoms with Crippen LogP contribution in [0, 0.1) is 23.2 Å². The highest BCUT2D eigenvalue weighted by Crippen LogP contribution is 2.36. The zero-order chi connectivity index (χ0) is 12.1. The van der Waals surface area contributed by atoms with Crippen LogP contribution in [0.2, 0.25) is 0 Å². The summed E-state index contributed by atoms with van der Waals surface area (Å²) in [5.74, 6) is -2.94. The molecule has 2 N–H and O–H groups in total. The summed E-state index contributed by atoms with van der Waals surface area (Å²) in [6.07, 6.45) is -1.05. The van der Waals surface area contributed by atoms with Gasteiger partial charge in [-0.15, -0.1) is 0 Å². The fraction of sp³-hybridized carbons (Fsp3) is 0.500. The zero-order valence-corrected chi connectivity index (χ0v) is 8.55. The van der Waals surface area contributed by atoms with Crippen LogP contribution in [0.4, 0.5) is 13.2 Å². The Morgan fingerprint density at radius 1 is 1.40 bits per heavy atom. The number of nitriles is 1. The second-order valence-corrected chi connectivity index (χ2v) is 2.75. The van der Waals surface area contributed by atoms with Crippen molar-refractivity contribution in [3.05, 3.63) is 23.9 Å². The van der Waals surface area contributed by atoms with Gasteiger partial charge >= 0.3 is 6.18 Å². The van der Waals surface area contributed by atoms with Crippen molar-refractivity contribution < 1.29 is 13.2 Å². The molecule has 0 aliphatic heterocycles. The van der Waals surface area contributed by atoms with Gasteiger partial charge in [-0.3, -0.25) is 0 Å². The number of alkyl halides is 3. The molecular weight excluding hydrogens is 205 g/mol. The van der Waals surface area contributed by atoms with E-state index in [9.17, 15) is 13.2 Å². The van der Waals surface area contributed by atoms with Gasteiger partial charge in [0.1, 0.15) is 0 Å². The highest BCUT2D eigenvalue weighted by molar-refractivity contribution is 5.27. The van der Waals surface area contributed by atoms with Crippen LogP contribution in [-0.4, -0.2) is 6.18 Å². The summed E-state index contributed by atoms with van der Waals surface area (Å²) in [5, 5.41) is 8.44. The summed E-state index contributed by atoms with van der Waals surface area (Å²) in [6.45, 7) is 4.00. The third kappa shape index (κ3) is 3.66. The topological polar surface area (TPSA) is 49.8 Å². The lowest BCUT2D eigenvalue weighted by Crippen LogP contribution is -2.29. The molecule has 0 radical (unpaired) electrons. The van der Waals surface area contributed by atoms with E-state index in [-0.39, 0.29) is 5.70 Å². The number of halogens is 3. The van der Waals surface area contributed by atoms with Crippen LogP contribution in [0.1, 0.15) is 13.8 Å². The predicted octanol–water partition coefficient (Wildman–Crippen LogP) is 2.74. The summed E-state index contributed by atoms with van der Waals surface area (Å²) in [6, 6.07) is 1.57. The van der Waals surface area contributed by atoms with E-state index in [0.29, 0.717) is 0 Å². The molecule has 0 spiro atoms. The van der Waals surface area contributed by atoms with Crippen molar-refractivity contribution in [2.24, 2.45) is 17.6 Å². The lowest BCUT2D eigenvalue weighted by Gasteiger charge is -2.22. The molecule has 0 aromatic heterocycles. The minimum atomic E-state index is -4.41. The quantitative estimate of drug-likeness (QED) is 0.679. The highest BCUT2D eigenvalue weighted by atomic mass is 19.4. The molecule has 1 aliphatic rings. The molecule has 0 amide bonds. The molecule has 2 atom stereocenters. The van der Waals surface area contributed by atoms with Gasteiger partial charge in [0.15, 0.2) is 0 Å². The van der Waals surface area contributed by atoms with Crippen molar-refractivity contribution >= 4 is 0 Å². The van der Waals surface area contributed by atoms with Crippen LogP contribution < -0.4 is 5.73 Å². The standard InChI is InChI=1S/C8H7F3N2.C2H6/c9-8(10,11)7-3-6(13)2-1-5(7)4-12;1-2/h1-3,5,7H,13H2;1-2H3. The fourth-order valence-corrected chi connectivity index (χ4v) is 1.12. The fourth-order valence-electron chi connectivity index (χ4n) is 1.12. The maximum atomic E-state index is 12.3. The van der Waals surface area contributed by atoms with Crippen molar-refractivity contribution in [3.8, 4) is 6.07 Å². The van der Waals surface area contributed by atoms with Crippen LogP contribution in [-0.2, 0) is 0 Å². The van der Waals surface area contributed by atoms with E-state index in [4.69, 9.17) is 11.0 Å². The first-order valence-electron chi connectivity index (χ1n) is 4.57. The molecule has 2 nitrogen and oxygen atoms in total. The molecule has 84 valence electrons. The van der Waals surface area contributed by atoms with Crippen molar-refractivity contribution in [3.63, 3.8) is 0 Å². The smallest absolute Gasteiger partial charge is 0.396 e. The first-order chi connectivity index (χ1) is 6.95. The molecule has 0 aromatic rings. The number of allylic oxidation sites excluding steroid dienone is 3. The van der Waals surface area contributed by atoms with Gasteiger partial charge in [0.05, 0.1) is 17.9 Å². The van der Waals surface area contributed by atoms with Gasteiger partial charge < -0.3 is 5.73 Å². The second kappa shape index (κ2) is 5.44. The van der Waals surface area contributed by atoms with E-state index in [1.54, 1.807) is 6.07 Å². The van der Waals surface area contributed by atoms with E-state index < -0.39 is 18.0 Å². The molecule has 0 aromatic carbocycles. The average molecular weight is 218 g/mol. The lowest BCUT2D eigenvalue weighted by molar-refractivity contribution is -0.166. The molecule has 0 heterocycles. The van der Waals surface area contributed by atoms with Crippen LogP contribution in [0.25, 0.3) is 0 Å². The summed E-state index contributed by atoms with van der Waals surface area (Å²) in [4.78, 5) is 0. The Labute approximate surface area is 86.9 Å². The van der Waals surface area contributed by atoms with Gasteiger partial charge in [0, 0.05) is 5.70 Å². The predicted molar refractivity (Wildman–Crippen MR) is 51.4 cm³/mol. The number of hydrogen-bond donors (Lipinski definition) is 1. The maximum absolute atomic E-state index is 12.3. The van der Waals surface area contributed by atoms with Gasteiger partial charge in [0.2, 0.25) is 0 Å². The van der Waals surface area contributed by atoms with E-state index in [2.05, 4.69) is 0 Å². The Balaban J connectivity index is 0.000000921. The third-order valence-electron chi connectivity index (χ3n) is 1.78. The normalized spacial score (nSPS) is 24.7. The Kier molecular flexibility index (Phi) is 4.92. The molecule has 0 fully saturated rings. The minimum absolute atomic E-state index is 0.0498. The number of hydrogen-bond acceptors (Lipinski definition) is 2. The summed E-state index contributed by atoms with van der Waals surface area (Å²) < 4.78 is 36.8. The highest BCUT2D eigenvalue weighted by Gasteiger charge is 2.43. The van der Waals surface area contributed by atoms with Gasteiger partial charge in [-0.25, -0.2) is 0 Å². The largest absolute Gasteiger partial charge is 0.399 e. The van der Waals surface area contributed by atoms with E-state index in [0.717, 1.165) is 6.08 Å². The number of nitrogens with zero attached hydrogens (tertiary/aromatic N) is 1. The molecule has 1 aliphatic carbocycles. The van der Waals surface area contributed by atoms with Gasteiger partial charge in [0.25, 0.3) is 0 Å². The van der Waals surface area contributed by atoms with E-state index in [1.807, 2.05) is 13.8 Å². The molecule has 0 saturated carbocycles. The summed E-state index contributed by atoms with van der Waals surface area (Å²) >= 11 is 0. The van der Waals surface area contributed by atoms with Crippen LogP contribution in [0.15, 0.2) is 23.9 Å². The first kappa shape index (κ1) is 13.6. The second-order valence-electron chi connectivity index (χ2n) is 2.75. The summed E-state index contributed by atoms with van der Waals surface area (Å²) in [5.41, 5.74) is 5.25. The van der Waals surface area contributed by atoms with Crippen LogP contribution in [0.5, 0.6) is 0 Å². The average Bonchev–Trinajstić information content (AvgIpc) is 2.19. The maximum Gasteiger partial charge on any atom is 0.396 e. The number of nitrogens with two attached hydrogens (primary N) is 1. The minimum Gasteiger partial charge on any atom is -0.399 e. The molecular formula is C10H13F3N2. The van der Waals surface area contributed by atoms with Gasteiger partial charge in [-0.2, -0.15) is 18.4 Å². The summed E-state index contributed by atoms with van der Waals surface area (Å²) in [7, 11) is 0. The Hall–Kier alpha value is -1.44. The molecule has 15 heavy (non-hydrogen) atoms. The molecule has 2 unspecified atom stereocenters. The number of rotatable bonds is 0. The van der Waals surface area contributed by atoms with Crippen LogP contribution in [0.3, 0.4) is 0 Å². The Bertz CT molecular complexity index is 297. The van der Waals surface area contributed by atoms with Gasteiger partial charge in [-0.05, 0) is 12.2 Å². The van der Waals surface area contributed by atoms with E-state index in [1.165, 1.54) is 12.2 Å². The van der Waals surface area contributed by atoms with Crippen molar-refractivity contribution in [2.75, 3.05) is 0 Å². The van der Waals surface area contributed by atoms with Gasteiger partial charge in [-0.1, -0.05) is 19.9 Å². The molecule has 5 heteroatoms. The van der Waals surface area contributed by atoms with Crippen molar-refractivity contribution in [1.29, 1.82) is 5.26 Å². The zero-order valence-electron chi connectivity index (χ0n) is 8.55. The first-order valence-corrected chi connectivity index (χ1v) is 4.57. The third-order valence-corrected chi connectivity index (χ3v) is 1.78. The SMILES string of the molecule is CC.N#CC1C=CC(N)=CC1C(F)(F)F. The molecule has 0 bridgehead atoms. The van der Waals surface area contributed by atoms with Crippen molar-refractivity contribution in [1.82, 2.24) is 0 Å². The monoisotopic (exact) mass is 218 g/mol. The molecule has 0 saturated heterocycles. The Morgan fingerprint density at radius 3 is 2.33 bits per heavy atom.